The minimum absolute atomic E-state index is 0.694. The first-order valence-electron chi connectivity index (χ1n) is 8.86. The van der Waals surface area contributed by atoms with E-state index in [1.165, 1.54) is 17.3 Å². The van der Waals surface area contributed by atoms with Crippen LogP contribution in [0.3, 0.4) is 0 Å². The lowest BCUT2D eigenvalue weighted by Gasteiger charge is -2.22. The van der Waals surface area contributed by atoms with E-state index in [9.17, 15) is 0 Å². The second kappa shape index (κ2) is 14.8. The van der Waals surface area contributed by atoms with Crippen LogP contribution in [0.2, 0.25) is 0 Å². The van der Waals surface area contributed by atoms with Gasteiger partial charge in [-0.15, -0.1) is 4.37 Å². The van der Waals surface area contributed by atoms with E-state index in [0.717, 1.165) is 38.2 Å². The molecule has 0 saturated carbocycles. The van der Waals surface area contributed by atoms with Crippen molar-refractivity contribution in [3.63, 3.8) is 0 Å². The Bertz CT molecular complexity index is 731. The predicted octanol–water partition coefficient (Wildman–Crippen LogP) is -0.101. The van der Waals surface area contributed by atoms with Gasteiger partial charge in [-0.3, -0.25) is 0 Å². The molecule has 4 N–H and O–H groups in total. The molecule has 0 fully saturated rings. The molecule has 1 aliphatic rings. The summed E-state index contributed by atoms with van der Waals surface area (Å²) >= 11 is 1.23. The largest absolute Gasteiger partial charge is 0.475 e. The van der Waals surface area contributed by atoms with E-state index in [1.54, 1.807) is 0 Å². The van der Waals surface area contributed by atoms with E-state index in [4.69, 9.17) is 44.3 Å². The van der Waals surface area contributed by atoms with Crippen molar-refractivity contribution in [2.75, 3.05) is 47.4 Å². The number of aliphatic carboxylic acids is 4. The van der Waals surface area contributed by atoms with Gasteiger partial charge >= 0.3 is 23.9 Å². The van der Waals surface area contributed by atoms with Crippen LogP contribution < -0.4 is 4.74 Å². The lowest BCUT2D eigenvalue weighted by atomic mass is 10.1. The van der Waals surface area contributed by atoms with Gasteiger partial charge in [0.1, 0.15) is 5.69 Å². The molecular weight excluding hydrogens is 436 g/mol. The maximum Gasteiger partial charge on any atom is 0.414 e. The molecule has 14 heteroatoms. The summed E-state index contributed by atoms with van der Waals surface area (Å²) in [6.07, 6.45) is 4.33. The third-order valence-electron chi connectivity index (χ3n) is 3.46. The Morgan fingerprint density at radius 3 is 2.06 bits per heavy atom. The molecule has 1 aliphatic heterocycles. The summed E-state index contributed by atoms with van der Waals surface area (Å²) in [6, 6.07) is 0. The number of ether oxygens (including phenoxy) is 1. The van der Waals surface area contributed by atoms with E-state index in [-0.39, 0.29) is 0 Å². The van der Waals surface area contributed by atoms with Crippen LogP contribution in [0, 0.1) is 0 Å². The summed E-state index contributed by atoms with van der Waals surface area (Å²) in [5.41, 5.74) is 2.17. The van der Waals surface area contributed by atoms with Crippen molar-refractivity contribution in [3.05, 3.63) is 11.8 Å². The van der Waals surface area contributed by atoms with Crippen molar-refractivity contribution >= 4 is 41.2 Å². The predicted molar refractivity (Wildman–Crippen MR) is 109 cm³/mol. The van der Waals surface area contributed by atoms with Gasteiger partial charge in [0.2, 0.25) is 0 Å². The number of carboxylic acid groups (broad SMARTS) is 4. The molecule has 0 atom stereocenters. The molecule has 13 nitrogen and oxygen atoms in total. The van der Waals surface area contributed by atoms with Crippen LogP contribution in [0.4, 0.5) is 0 Å². The third-order valence-corrected chi connectivity index (χ3v) is 3.97. The first kappa shape index (κ1) is 27.9. The molecule has 0 bridgehead atoms. The van der Waals surface area contributed by atoms with E-state index in [1.807, 2.05) is 0 Å². The highest BCUT2D eigenvalue weighted by atomic mass is 32.1. The Hall–Kier alpha value is -3.10. The summed E-state index contributed by atoms with van der Waals surface area (Å²) in [7, 11) is 6.27. The topological polar surface area (TPSA) is 191 Å². The van der Waals surface area contributed by atoms with E-state index in [2.05, 4.69) is 45.8 Å². The molecular formula is C17H26N4O9S. The van der Waals surface area contributed by atoms with Crippen molar-refractivity contribution in [2.24, 2.45) is 0 Å². The summed E-state index contributed by atoms with van der Waals surface area (Å²) in [5.74, 6) is -6.60. The van der Waals surface area contributed by atoms with Gasteiger partial charge in [0.15, 0.2) is 0 Å². The molecule has 0 saturated heterocycles. The lowest BCUT2D eigenvalue weighted by molar-refractivity contribution is -0.159. The van der Waals surface area contributed by atoms with Crippen molar-refractivity contribution in [3.8, 4) is 5.88 Å². The molecule has 31 heavy (non-hydrogen) atoms. The fraction of sp³-hybridized carbons (Fsp3) is 0.529. The van der Waals surface area contributed by atoms with Crippen molar-refractivity contribution in [2.45, 2.75) is 12.8 Å². The number of aromatic nitrogens is 2. The Balaban J connectivity index is 0.000000620. The average molecular weight is 462 g/mol. The first-order chi connectivity index (χ1) is 14.5. The zero-order valence-electron chi connectivity index (χ0n) is 17.3. The van der Waals surface area contributed by atoms with Gasteiger partial charge < -0.3 is 35.0 Å². The zero-order chi connectivity index (χ0) is 24.0. The molecule has 2 rings (SSSR count). The Labute approximate surface area is 182 Å². The summed E-state index contributed by atoms with van der Waals surface area (Å²) in [6.45, 7) is 3.76. The number of carbonyl (C=O) groups is 4. The fourth-order valence-electron chi connectivity index (χ4n) is 2.09. The molecule has 2 heterocycles. The third kappa shape index (κ3) is 12.9. The maximum absolute atomic E-state index is 9.10. The highest BCUT2D eigenvalue weighted by Crippen LogP contribution is 2.26. The minimum atomic E-state index is -1.82. The van der Waals surface area contributed by atoms with Crippen LogP contribution in [0.1, 0.15) is 18.5 Å². The number of hydrogen-bond donors (Lipinski definition) is 4. The highest BCUT2D eigenvalue weighted by molar-refractivity contribution is 6.99. The maximum atomic E-state index is 9.10. The van der Waals surface area contributed by atoms with Crippen molar-refractivity contribution in [1.29, 1.82) is 0 Å². The monoisotopic (exact) mass is 462 g/mol. The molecule has 174 valence electrons. The molecule has 0 unspecified atom stereocenters. The van der Waals surface area contributed by atoms with Gasteiger partial charge in [-0.25, -0.2) is 19.2 Å². The first-order valence-corrected chi connectivity index (χ1v) is 9.59. The fourth-order valence-corrected chi connectivity index (χ4v) is 2.62. The van der Waals surface area contributed by atoms with Gasteiger partial charge in [0, 0.05) is 19.6 Å². The Kier molecular flexibility index (Phi) is 13.3. The van der Waals surface area contributed by atoms with E-state index >= 15 is 0 Å². The van der Waals surface area contributed by atoms with Gasteiger partial charge in [0.25, 0.3) is 5.88 Å². The van der Waals surface area contributed by atoms with Gasteiger partial charge in [-0.05, 0) is 39.6 Å². The van der Waals surface area contributed by atoms with Gasteiger partial charge in [-0.1, -0.05) is 6.08 Å². The van der Waals surface area contributed by atoms with E-state index < -0.39 is 23.9 Å². The van der Waals surface area contributed by atoms with Gasteiger partial charge in [-0.2, -0.15) is 4.37 Å². The normalized spacial score (nSPS) is 13.1. The standard InChI is InChI=1S/C13H22N4OS.2C2H2O4/c1-16(2)7-5-9-18-13-12(14-19-15-13)11-6-4-8-17(3)10-11;2*3-1(4)2(5)6/h6H,4-5,7-10H2,1-3H3;2*(H,3,4)(H,5,6). The quantitative estimate of drug-likeness (QED) is 0.324. The molecule has 1 aromatic rings. The van der Waals surface area contributed by atoms with E-state index in [0.29, 0.717) is 12.5 Å². The Morgan fingerprint density at radius 2 is 1.61 bits per heavy atom. The summed E-state index contributed by atoms with van der Waals surface area (Å²) in [4.78, 5) is 40.8. The molecule has 1 aromatic heterocycles. The molecule has 0 aromatic carbocycles. The number of nitrogens with zero attached hydrogens (tertiary/aromatic N) is 4. The molecule has 0 radical (unpaired) electrons. The second-order valence-corrected chi connectivity index (χ2v) is 6.93. The number of carboxylic acids is 4. The van der Waals surface area contributed by atoms with Crippen molar-refractivity contribution < 1.29 is 44.3 Å². The van der Waals surface area contributed by atoms with Crippen LogP contribution >= 0.6 is 11.7 Å². The van der Waals surface area contributed by atoms with Gasteiger partial charge in [0.05, 0.1) is 18.3 Å². The SMILES string of the molecule is CN(C)CCCOc1nsnc1C1=CCCN(C)C1.O=C(O)C(=O)O.O=C(O)C(=O)O. The zero-order valence-corrected chi connectivity index (χ0v) is 18.2. The second-order valence-electron chi connectivity index (χ2n) is 6.40. The number of hydrogen-bond acceptors (Lipinski definition) is 10. The molecule has 0 amide bonds. The summed E-state index contributed by atoms with van der Waals surface area (Å²) < 4.78 is 14.4. The Morgan fingerprint density at radius 1 is 1.06 bits per heavy atom. The van der Waals surface area contributed by atoms with Crippen LogP contribution in [-0.2, 0) is 19.2 Å². The average Bonchev–Trinajstić information content (AvgIpc) is 3.14. The number of likely N-dealkylation sites (N-methyl/N-ethyl adjacent to an activating group) is 1. The number of rotatable bonds is 6. The van der Waals surface area contributed by atoms with Crippen molar-refractivity contribution in [1.82, 2.24) is 18.5 Å². The van der Waals surface area contributed by atoms with Crippen LogP contribution in [0.25, 0.3) is 5.57 Å². The van der Waals surface area contributed by atoms with Crippen LogP contribution in [0.5, 0.6) is 5.88 Å². The lowest BCUT2D eigenvalue weighted by Crippen LogP contribution is -2.25. The highest BCUT2D eigenvalue weighted by Gasteiger charge is 2.18. The smallest absolute Gasteiger partial charge is 0.414 e. The molecule has 0 spiro atoms. The summed E-state index contributed by atoms with van der Waals surface area (Å²) in [5, 5.41) is 29.6. The minimum Gasteiger partial charge on any atom is -0.475 e. The van der Waals surface area contributed by atoms with Crippen LogP contribution in [-0.4, -0.2) is 110 Å². The van der Waals surface area contributed by atoms with Crippen LogP contribution in [0.15, 0.2) is 6.08 Å². The molecule has 0 aliphatic carbocycles.